The van der Waals surface area contributed by atoms with E-state index in [0.717, 1.165) is 15.7 Å². The number of benzene rings is 2. The zero-order chi connectivity index (χ0) is 15.7. The molecule has 2 aromatic rings. The molecule has 5 heteroatoms. The molecule has 1 atom stereocenters. The van der Waals surface area contributed by atoms with Crippen molar-refractivity contribution >= 4 is 33.4 Å². The molecule has 0 fully saturated rings. The van der Waals surface area contributed by atoms with Crippen LogP contribution in [0, 0.1) is 6.92 Å². The van der Waals surface area contributed by atoms with Crippen LogP contribution in [-0.4, -0.2) is 17.8 Å². The molecule has 1 unspecified atom stereocenters. The smallest absolute Gasteiger partial charge is 0.334 e. The first kappa shape index (κ1) is 14.8. The van der Waals surface area contributed by atoms with Crippen LogP contribution in [0.5, 0.6) is 5.75 Å². The summed E-state index contributed by atoms with van der Waals surface area (Å²) in [6, 6.07) is 11.9. The van der Waals surface area contributed by atoms with Crippen LogP contribution >= 0.6 is 15.9 Å². The number of esters is 1. The lowest BCUT2D eigenvalue weighted by molar-refractivity contribution is -0.135. The van der Waals surface area contributed by atoms with Crippen LogP contribution in [0.1, 0.15) is 22.3 Å². The Balaban J connectivity index is 1.76. The summed E-state index contributed by atoms with van der Waals surface area (Å²) in [6.45, 7) is 1.96. The Morgan fingerprint density at radius 1 is 1.23 bits per heavy atom. The third kappa shape index (κ3) is 3.04. The number of ketones is 1. The Labute approximate surface area is 136 Å². The van der Waals surface area contributed by atoms with Crippen LogP contribution < -0.4 is 10.1 Å². The van der Waals surface area contributed by atoms with Gasteiger partial charge in [-0.05, 0) is 36.8 Å². The number of nitrogens with one attached hydrogen (secondary N) is 1. The summed E-state index contributed by atoms with van der Waals surface area (Å²) in [6.07, 6.45) is 0.0633. The lowest BCUT2D eigenvalue weighted by Gasteiger charge is -2.25. The molecule has 0 spiro atoms. The van der Waals surface area contributed by atoms with Crippen molar-refractivity contribution in [2.24, 2.45) is 0 Å². The fraction of sp³-hybridized carbons (Fsp3) is 0.176. The van der Waals surface area contributed by atoms with E-state index in [1.807, 2.05) is 19.1 Å². The van der Waals surface area contributed by atoms with Gasteiger partial charge in [-0.25, -0.2) is 4.79 Å². The molecule has 2 aromatic carbocycles. The van der Waals surface area contributed by atoms with E-state index >= 15 is 0 Å². The minimum Gasteiger partial charge on any atom is -0.423 e. The molecule has 22 heavy (non-hydrogen) atoms. The van der Waals surface area contributed by atoms with Crippen molar-refractivity contribution in [2.45, 2.75) is 19.4 Å². The average molecular weight is 360 g/mol. The first-order valence-electron chi connectivity index (χ1n) is 6.90. The Hall–Kier alpha value is -2.14. The standard InChI is InChI=1S/C17H14BrNO3/c1-10-2-7-16-13(8-10)19-14(17(21)22-16)9-15(20)11-3-5-12(18)6-4-11/h2-8,14,19H,9H2,1H3. The highest BCUT2D eigenvalue weighted by Gasteiger charge is 2.29. The number of hydrogen-bond donors (Lipinski definition) is 1. The first-order valence-corrected chi connectivity index (χ1v) is 7.70. The molecule has 112 valence electrons. The number of hydrogen-bond acceptors (Lipinski definition) is 4. The first-order chi connectivity index (χ1) is 10.5. The number of anilines is 1. The predicted octanol–water partition coefficient (Wildman–Crippen LogP) is 3.73. The zero-order valence-electron chi connectivity index (χ0n) is 11.9. The van der Waals surface area contributed by atoms with E-state index in [-0.39, 0.29) is 12.2 Å². The molecule has 0 bridgehead atoms. The lowest BCUT2D eigenvalue weighted by Crippen LogP contribution is -2.38. The molecule has 4 nitrogen and oxygen atoms in total. The number of ether oxygens (including phenoxy) is 1. The van der Waals surface area contributed by atoms with E-state index in [9.17, 15) is 9.59 Å². The molecule has 0 aromatic heterocycles. The molecule has 0 aliphatic carbocycles. The number of fused-ring (bicyclic) bond motifs is 1. The number of Topliss-reactive ketones (excluding diaryl/α,β-unsaturated/α-hetero) is 1. The number of halogens is 1. The van der Waals surface area contributed by atoms with Crippen molar-refractivity contribution in [1.82, 2.24) is 0 Å². The minimum absolute atomic E-state index is 0.0633. The van der Waals surface area contributed by atoms with Crippen LogP contribution in [0.4, 0.5) is 5.69 Å². The van der Waals surface area contributed by atoms with Gasteiger partial charge >= 0.3 is 5.97 Å². The quantitative estimate of drug-likeness (QED) is 0.515. The minimum atomic E-state index is -0.662. The lowest BCUT2D eigenvalue weighted by atomic mass is 10.0. The molecule has 1 N–H and O–H groups in total. The third-order valence-corrected chi connectivity index (χ3v) is 4.04. The van der Waals surface area contributed by atoms with E-state index in [2.05, 4.69) is 21.2 Å². The maximum Gasteiger partial charge on any atom is 0.334 e. The molecule has 1 aliphatic heterocycles. The number of aryl methyl sites for hydroxylation is 1. The molecule has 3 rings (SSSR count). The summed E-state index contributed by atoms with van der Waals surface area (Å²) in [5.74, 6) is -0.0252. The van der Waals surface area contributed by atoms with E-state index in [0.29, 0.717) is 11.3 Å². The van der Waals surface area contributed by atoms with Gasteiger partial charge in [-0.2, -0.15) is 0 Å². The van der Waals surface area contributed by atoms with Crippen LogP contribution in [0.15, 0.2) is 46.9 Å². The Morgan fingerprint density at radius 3 is 2.68 bits per heavy atom. The maximum absolute atomic E-state index is 12.3. The van der Waals surface area contributed by atoms with Gasteiger partial charge in [0.2, 0.25) is 0 Å². The maximum atomic E-state index is 12.3. The van der Waals surface area contributed by atoms with E-state index in [1.165, 1.54) is 0 Å². The SMILES string of the molecule is Cc1ccc2c(c1)NC(CC(=O)c1ccc(Br)cc1)C(=O)O2. The monoisotopic (exact) mass is 359 g/mol. The zero-order valence-corrected chi connectivity index (χ0v) is 13.5. The predicted molar refractivity (Wildman–Crippen MR) is 87.3 cm³/mol. The fourth-order valence-electron chi connectivity index (χ4n) is 2.35. The van der Waals surface area contributed by atoms with Gasteiger partial charge in [-0.1, -0.05) is 34.1 Å². The highest BCUT2D eigenvalue weighted by atomic mass is 79.9. The molecule has 0 amide bonds. The normalized spacial score (nSPS) is 16.5. The second-order valence-corrected chi connectivity index (χ2v) is 6.17. The summed E-state index contributed by atoms with van der Waals surface area (Å²) in [4.78, 5) is 24.3. The largest absolute Gasteiger partial charge is 0.423 e. The summed E-state index contributed by atoms with van der Waals surface area (Å²) >= 11 is 3.33. The second kappa shape index (κ2) is 5.93. The van der Waals surface area contributed by atoms with Crippen molar-refractivity contribution in [3.8, 4) is 5.75 Å². The Bertz CT molecular complexity index is 740. The Kier molecular flexibility index (Phi) is 3.98. The van der Waals surface area contributed by atoms with Gasteiger partial charge in [-0.15, -0.1) is 0 Å². The molecular formula is C17H14BrNO3. The van der Waals surface area contributed by atoms with Crippen LogP contribution in [0.25, 0.3) is 0 Å². The van der Waals surface area contributed by atoms with Crippen LogP contribution in [0.3, 0.4) is 0 Å². The third-order valence-electron chi connectivity index (χ3n) is 3.52. The van der Waals surface area contributed by atoms with Gasteiger partial charge in [0.25, 0.3) is 0 Å². The van der Waals surface area contributed by atoms with Gasteiger partial charge in [0.15, 0.2) is 11.5 Å². The van der Waals surface area contributed by atoms with Crippen molar-refractivity contribution in [3.63, 3.8) is 0 Å². The molecule has 0 radical (unpaired) electrons. The summed E-state index contributed by atoms with van der Waals surface area (Å²) in [5, 5.41) is 3.09. The van der Waals surface area contributed by atoms with E-state index < -0.39 is 12.0 Å². The van der Waals surface area contributed by atoms with Gasteiger partial charge in [0.1, 0.15) is 6.04 Å². The Morgan fingerprint density at radius 2 is 1.95 bits per heavy atom. The van der Waals surface area contributed by atoms with Crippen molar-refractivity contribution in [1.29, 1.82) is 0 Å². The topological polar surface area (TPSA) is 55.4 Å². The summed E-state index contributed by atoms with van der Waals surface area (Å²) in [5.41, 5.74) is 2.38. The van der Waals surface area contributed by atoms with Crippen LogP contribution in [0.2, 0.25) is 0 Å². The van der Waals surface area contributed by atoms with E-state index in [4.69, 9.17) is 4.74 Å². The summed E-state index contributed by atoms with van der Waals surface area (Å²) in [7, 11) is 0. The number of carbonyl (C=O) groups is 2. The van der Waals surface area contributed by atoms with Gasteiger partial charge in [0, 0.05) is 16.5 Å². The van der Waals surface area contributed by atoms with Crippen molar-refractivity contribution in [2.75, 3.05) is 5.32 Å². The molecular weight excluding hydrogens is 346 g/mol. The van der Waals surface area contributed by atoms with Gasteiger partial charge in [-0.3, -0.25) is 4.79 Å². The molecule has 0 saturated carbocycles. The molecule has 1 heterocycles. The van der Waals surface area contributed by atoms with E-state index in [1.54, 1.807) is 30.3 Å². The average Bonchev–Trinajstić information content (AvgIpc) is 2.49. The second-order valence-electron chi connectivity index (χ2n) is 5.25. The van der Waals surface area contributed by atoms with Crippen molar-refractivity contribution < 1.29 is 14.3 Å². The number of rotatable bonds is 3. The highest BCUT2D eigenvalue weighted by Crippen LogP contribution is 2.31. The van der Waals surface area contributed by atoms with Gasteiger partial charge < -0.3 is 10.1 Å². The van der Waals surface area contributed by atoms with Gasteiger partial charge in [0.05, 0.1) is 5.69 Å². The highest BCUT2D eigenvalue weighted by molar-refractivity contribution is 9.10. The number of carbonyl (C=O) groups excluding carboxylic acids is 2. The van der Waals surface area contributed by atoms with Crippen LogP contribution in [-0.2, 0) is 4.79 Å². The molecule has 0 saturated heterocycles. The molecule has 1 aliphatic rings. The summed E-state index contributed by atoms with van der Waals surface area (Å²) < 4.78 is 6.20. The fourth-order valence-corrected chi connectivity index (χ4v) is 2.61. The van der Waals surface area contributed by atoms with Crippen molar-refractivity contribution in [3.05, 3.63) is 58.1 Å².